The fourth-order valence-electron chi connectivity index (χ4n) is 3.70. The number of halogens is 1. The Morgan fingerprint density at radius 2 is 1.80 bits per heavy atom. The van der Waals surface area contributed by atoms with Crippen LogP contribution in [0.4, 0.5) is 10.1 Å². The average Bonchev–Trinajstić information content (AvgIpc) is 3.30. The summed E-state index contributed by atoms with van der Waals surface area (Å²) in [6.45, 7) is 2.18. The highest BCUT2D eigenvalue weighted by Gasteiger charge is 2.11. The van der Waals surface area contributed by atoms with Crippen LogP contribution in [0.15, 0.2) is 89.9 Å². The molecule has 0 fully saturated rings. The van der Waals surface area contributed by atoms with Crippen LogP contribution in [0.1, 0.15) is 16.7 Å². The van der Waals surface area contributed by atoms with Gasteiger partial charge in [-0.15, -0.1) is 11.3 Å². The molecule has 174 valence electrons. The van der Waals surface area contributed by atoms with Gasteiger partial charge in [0.15, 0.2) is 11.5 Å². The second kappa shape index (κ2) is 10.1. The topological polar surface area (TPSA) is 43.7 Å². The SMILES string of the molecule is COc1cccc(C=Nc2ccc(-c3nc4ccc(C)cc4s3)cc2)c1OCc1ccccc1F. The largest absolute Gasteiger partial charge is 0.493 e. The van der Waals surface area contributed by atoms with E-state index in [1.165, 1.54) is 16.3 Å². The first-order chi connectivity index (χ1) is 17.1. The Hall–Kier alpha value is -4.03. The lowest BCUT2D eigenvalue weighted by Gasteiger charge is -2.13. The third-order valence-corrected chi connectivity index (χ3v) is 6.64. The van der Waals surface area contributed by atoms with Crippen molar-refractivity contribution in [3.8, 4) is 22.1 Å². The summed E-state index contributed by atoms with van der Waals surface area (Å²) in [4.78, 5) is 9.38. The summed E-state index contributed by atoms with van der Waals surface area (Å²) in [7, 11) is 1.58. The third-order valence-electron chi connectivity index (χ3n) is 5.57. The van der Waals surface area contributed by atoms with Crippen LogP contribution in [0.3, 0.4) is 0 Å². The van der Waals surface area contributed by atoms with E-state index in [0.717, 1.165) is 27.3 Å². The molecule has 4 nitrogen and oxygen atoms in total. The Kier molecular flexibility index (Phi) is 6.55. The normalized spacial score (nSPS) is 11.3. The van der Waals surface area contributed by atoms with Gasteiger partial charge in [-0.2, -0.15) is 0 Å². The number of aromatic nitrogens is 1. The number of fused-ring (bicyclic) bond motifs is 1. The summed E-state index contributed by atoms with van der Waals surface area (Å²) in [6, 6.07) is 26.4. The van der Waals surface area contributed by atoms with E-state index in [9.17, 15) is 4.39 Å². The number of hydrogen-bond acceptors (Lipinski definition) is 5. The van der Waals surface area contributed by atoms with Crippen molar-refractivity contribution in [2.45, 2.75) is 13.5 Å². The fraction of sp³-hybridized carbons (Fsp3) is 0.103. The number of benzene rings is 4. The maximum absolute atomic E-state index is 14.0. The molecule has 0 aliphatic carbocycles. The number of para-hydroxylation sites is 1. The molecule has 5 aromatic rings. The van der Waals surface area contributed by atoms with E-state index < -0.39 is 0 Å². The van der Waals surface area contributed by atoms with Crippen LogP contribution in [0.2, 0.25) is 0 Å². The molecule has 0 saturated carbocycles. The van der Waals surface area contributed by atoms with Crippen molar-refractivity contribution in [3.63, 3.8) is 0 Å². The van der Waals surface area contributed by atoms with Crippen LogP contribution in [-0.4, -0.2) is 18.3 Å². The zero-order valence-corrected chi connectivity index (χ0v) is 20.2. The van der Waals surface area contributed by atoms with Gasteiger partial charge in [-0.3, -0.25) is 4.99 Å². The average molecular weight is 483 g/mol. The Bertz CT molecular complexity index is 1510. The minimum absolute atomic E-state index is 0.0876. The summed E-state index contributed by atoms with van der Waals surface area (Å²) < 4.78 is 26.7. The van der Waals surface area contributed by atoms with E-state index in [1.807, 2.05) is 42.5 Å². The predicted octanol–water partition coefficient (Wildman–Crippen LogP) is 7.75. The molecule has 0 bridgehead atoms. The van der Waals surface area contributed by atoms with Crippen LogP contribution in [-0.2, 0) is 6.61 Å². The van der Waals surface area contributed by atoms with Gasteiger partial charge in [0, 0.05) is 22.9 Å². The standard InChI is InChI=1S/C29H23FN2O2S/c1-19-10-15-25-27(16-19)35-29(32-25)20-11-13-23(14-12-20)31-17-21-7-5-9-26(33-2)28(21)34-18-22-6-3-4-8-24(22)30/h3-17H,18H2,1-2H3. The number of rotatable bonds is 7. The van der Waals surface area contributed by atoms with Crippen molar-refractivity contribution in [3.05, 3.63) is 107 Å². The van der Waals surface area contributed by atoms with Crippen LogP contribution in [0, 0.1) is 12.7 Å². The first-order valence-electron chi connectivity index (χ1n) is 11.2. The third kappa shape index (κ3) is 5.08. The molecule has 0 saturated heterocycles. The van der Waals surface area contributed by atoms with Crippen molar-refractivity contribution in [1.82, 2.24) is 4.98 Å². The number of methoxy groups -OCH3 is 1. The van der Waals surface area contributed by atoms with Gasteiger partial charge < -0.3 is 9.47 Å². The summed E-state index contributed by atoms with van der Waals surface area (Å²) in [5, 5.41) is 0.984. The Balaban J connectivity index is 1.36. The van der Waals surface area contributed by atoms with E-state index in [0.29, 0.717) is 17.1 Å². The second-order valence-electron chi connectivity index (χ2n) is 8.05. The van der Waals surface area contributed by atoms with Gasteiger partial charge in [-0.25, -0.2) is 9.37 Å². The molecule has 4 aromatic carbocycles. The molecule has 0 atom stereocenters. The fourth-order valence-corrected chi connectivity index (χ4v) is 4.77. The lowest BCUT2D eigenvalue weighted by Crippen LogP contribution is -2.02. The molecule has 0 unspecified atom stereocenters. The highest BCUT2D eigenvalue weighted by molar-refractivity contribution is 7.21. The zero-order valence-electron chi connectivity index (χ0n) is 19.4. The number of ether oxygens (including phenoxy) is 2. The smallest absolute Gasteiger partial charge is 0.170 e. The lowest BCUT2D eigenvalue weighted by molar-refractivity contribution is 0.279. The quantitative estimate of drug-likeness (QED) is 0.223. The van der Waals surface area contributed by atoms with E-state index in [2.05, 4.69) is 30.1 Å². The van der Waals surface area contributed by atoms with Crippen molar-refractivity contribution >= 4 is 33.5 Å². The molecule has 1 heterocycles. The minimum atomic E-state index is -0.305. The number of thiazole rings is 1. The zero-order chi connectivity index (χ0) is 24.2. The number of hydrogen-bond donors (Lipinski definition) is 0. The molecule has 6 heteroatoms. The summed E-state index contributed by atoms with van der Waals surface area (Å²) in [5.74, 6) is 0.774. The molecule has 0 N–H and O–H groups in total. The summed E-state index contributed by atoms with van der Waals surface area (Å²) in [6.07, 6.45) is 1.73. The van der Waals surface area contributed by atoms with Crippen molar-refractivity contribution in [2.24, 2.45) is 4.99 Å². The van der Waals surface area contributed by atoms with Gasteiger partial charge in [-0.1, -0.05) is 30.3 Å². The molecule has 0 radical (unpaired) electrons. The van der Waals surface area contributed by atoms with Gasteiger partial charge in [-0.05, 0) is 67.1 Å². The van der Waals surface area contributed by atoms with Crippen molar-refractivity contribution in [1.29, 1.82) is 0 Å². The summed E-state index contributed by atoms with van der Waals surface area (Å²) >= 11 is 1.68. The van der Waals surface area contributed by atoms with Crippen molar-refractivity contribution < 1.29 is 13.9 Å². The molecular formula is C29H23FN2O2S. The van der Waals surface area contributed by atoms with Gasteiger partial charge in [0.1, 0.15) is 17.4 Å². The van der Waals surface area contributed by atoms with Gasteiger partial charge >= 0.3 is 0 Å². The number of aliphatic imine (C=N–C) groups is 1. The molecule has 0 aliphatic rings. The maximum Gasteiger partial charge on any atom is 0.170 e. The highest BCUT2D eigenvalue weighted by Crippen LogP contribution is 2.33. The van der Waals surface area contributed by atoms with Crippen LogP contribution in [0.5, 0.6) is 11.5 Å². The second-order valence-corrected chi connectivity index (χ2v) is 9.08. The van der Waals surface area contributed by atoms with Crippen LogP contribution in [0.25, 0.3) is 20.8 Å². The molecule has 35 heavy (non-hydrogen) atoms. The number of aryl methyl sites for hydroxylation is 1. The molecule has 0 amide bonds. The van der Waals surface area contributed by atoms with Crippen LogP contribution < -0.4 is 9.47 Å². The predicted molar refractivity (Wildman–Crippen MR) is 141 cm³/mol. The Morgan fingerprint density at radius 1 is 0.971 bits per heavy atom. The van der Waals surface area contributed by atoms with Crippen molar-refractivity contribution in [2.75, 3.05) is 7.11 Å². The lowest BCUT2D eigenvalue weighted by atomic mass is 10.2. The summed E-state index contributed by atoms with van der Waals surface area (Å²) in [5.41, 5.74) is 5.31. The molecule has 0 spiro atoms. The van der Waals surface area contributed by atoms with Gasteiger partial charge in [0.2, 0.25) is 0 Å². The Labute approximate surface area is 207 Å². The molecule has 0 aliphatic heterocycles. The first-order valence-corrected chi connectivity index (χ1v) is 12.0. The van der Waals surface area contributed by atoms with E-state index in [1.54, 1.807) is 42.9 Å². The maximum atomic E-state index is 14.0. The molecule has 1 aromatic heterocycles. The number of nitrogens with zero attached hydrogens (tertiary/aromatic N) is 2. The molecule has 5 rings (SSSR count). The van der Waals surface area contributed by atoms with E-state index in [-0.39, 0.29) is 12.4 Å². The first kappa shape index (κ1) is 22.7. The van der Waals surface area contributed by atoms with Gasteiger partial charge in [0.05, 0.1) is 23.0 Å². The van der Waals surface area contributed by atoms with E-state index in [4.69, 9.17) is 14.5 Å². The monoisotopic (exact) mass is 482 g/mol. The Morgan fingerprint density at radius 3 is 2.60 bits per heavy atom. The van der Waals surface area contributed by atoms with Gasteiger partial charge in [0.25, 0.3) is 0 Å². The highest BCUT2D eigenvalue weighted by atomic mass is 32.1. The van der Waals surface area contributed by atoms with E-state index >= 15 is 0 Å². The minimum Gasteiger partial charge on any atom is -0.493 e. The molecular weight excluding hydrogens is 459 g/mol. The van der Waals surface area contributed by atoms with Crippen LogP contribution >= 0.6 is 11.3 Å².